The van der Waals surface area contributed by atoms with E-state index < -0.39 is 0 Å². The summed E-state index contributed by atoms with van der Waals surface area (Å²) >= 11 is 1.55. The lowest BCUT2D eigenvalue weighted by atomic mass is 10.1. The standard InChI is InChI=1S/C18H22N4O2S/c1-12(2)11-25-18-21-16(13-4-6-14(24-3)7-5-13)15(10-19)17(22-18)20-8-9-23/h4-7,12,23H,8-9,11H2,1-3H3,(H,20,21,22). The Morgan fingerprint density at radius 1 is 1.28 bits per heavy atom. The van der Waals surface area contributed by atoms with Crippen molar-refractivity contribution in [3.8, 4) is 23.1 Å². The molecule has 132 valence electrons. The number of aliphatic hydroxyl groups excluding tert-OH is 1. The first-order valence-electron chi connectivity index (χ1n) is 8.03. The number of anilines is 1. The average molecular weight is 358 g/mol. The van der Waals surface area contributed by atoms with E-state index in [-0.39, 0.29) is 6.61 Å². The van der Waals surface area contributed by atoms with E-state index >= 15 is 0 Å². The average Bonchev–Trinajstić information content (AvgIpc) is 2.64. The largest absolute Gasteiger partial charge is 0.497 e. The third-order valence-electron chi connectivity index (χ3n) is 3.31. The van der Waals surface area contributed by atoms with Crippen molar-refractivity contribution < 1.29 is 9.84 Å². The van der Waals surface area contributed by atoms with Gasteiger partial charge in [0.15, 0.2) is 5.16 Å². The number of aromatic nitrogens is 2. The number of nitriles is 1. The van der Waals surface area contributed by atoms with Crippen molar-refractivity contribution in [2.24, 2.45) is 5.92 Å². The summed E-state index contributed by atoms with van der Waals surface area (Å²) in [4.78, 5) is 9.05. The lowest BCUT2D eigenvalue weighted by Crippen LogP contribution is -2.11. The number of nitrogens with zero attached hydrogens (tertiary/aromatic N) is 3. The van der Waals surface area contributed by atoms with Crippen LogP contribution in [0.1, 0.15) is 19.4 Å². The lowest BCUT2D eigenvalue weighted by molar-refractivity contribution is 0.311. The van der Waals surface area contributed by atoms with Gasteiger partial charge < -0.3 is 15.2 Å². The predicted octanol–water partition coefficient (Wildman–Crippen LogP) is 3.18. The third kappa shape index (κ3) is 5.08. The van der Waals surface area contributed by atoms with Gasteiger partial charge in [0.05, 0.1) is 19.4 Å². The summed E-state index contributed by atoms with van der Waals surface area (Å²) < 4.78 is 5.19. The zero-order valence-corrected chi connectivity index (χ0v) is 15.4. The van der Waals surface area contributed by atoms with Gasteiger partial charge in [-0.25, -0.2) is 9.97 Å². The van der Waals surface area contributed by atoms with Crippen molar-refractivity contribution in [2.45, 2.75) is 19.0 Å². The molecule has 0 atom stereocenters. The van der Waals surface area contributed by atoms with Crippen molar-refractivity contribution in [2.75, 3.05) is 31.3 Å². The van der Waals surface area contributed by atoms with E-state index in [0.29, 0.717) is 34.7 Å². The second kappa shape index (κ2) is 9.25. The van der Waals surface area contributed by atoms with Crippen LogP contribution in [0.3, 0.4) is 0 Å². The van der Waals surface area contributed by atoms with Gasteiger partial charge in [0.25, 0.3) is 0 Å². The molecule has 0 fully saturated rings. The van der Waals surface area contributed by atoms with Crippen molar-refractivity contribution in [1.29, 1.82) is 5.26 Å². The smallest absolute Gasteiger partial charge is 0.190 e. The number of rotatable bonds is 8. The molecule has 0 bridgehead atoms. The molecular weight excluding hydrogens is 336 g/mol. The molecule has 0 spiro atoms. The molecule has 6 nitrogen and oxygen atoms in total. The Bertz CT molecular complexity index is 742. The first kappa shape index (κ1) is 19.0. The Morgan fingerprint density at radius 3 is 2.56 bits per heavy atom. The SMILES string of the molecule is COc1ccc(-c2nc(SCC(C)C)nc(NCCO)c2C#N)cc1. The number of methoxy groups -OCH3 is 1. The van der Waals surface area contributed by atoms with E-state index in [1.54, 1.807) is 18.9 Å². The minimum atomic E-state index is -0.0405. The highest BCUT2D eigenvalue weighted by atomic mass is 32.2. The molecule has 0 amide bonds. The molecular formula is C18H22N4O2S. The molecule has 1 heterocycles. The summed E-state index contributed by atoms with van der Waals surface area (Å²) in [6.45, 7) is 4.54. The zero-order valence-electron chi connectivity index (χ0n) is 14.6. The number of thioether (sulfide) groups is 1. The summed E-state index contributed by atoms with van der Waals surface area (Å²) in [5.41, 5.74) is 1.76. The zero-order chi connectivity index (χ0) is 18.2. The van der Waals surface area contributed by atoms with E-state index in [2.05, 4.69) is 35.2 Å². The molecule has 1 aromatic heterocycles. The summed E-state index contributed by atoms with van der Waals surface area (Å²) in [6.07, 6.45) is 0. The van der Waals surface area contributed by atoms with Crippen molar-refractivity contribution >= 4 is 17.6 Å². The summed E-state index contributed by atoms with van der Waals surface area (Å²) in [7, 11) is 1.61. The highest BCUT2D eigenvalue weighted by molar-refractivity contribution is 7.99. The fourth-order valence-electron chi connectivity index (χ4n) is 2.11. The second-order valence-electron chi connectivity index (χ2n) is 5.77. The van der Waals surface area contributed by atoms with Crippen molar-refractivity contribution in [1.82, 2.24) is 9.97 Å². The molecule has 0 aliphatic heterocycles. The topological polar surface area (TPSA) is 91.1 Å². The Kier molecular flexibility index (Phi) is 7.04. The molecule has 2 aromatic rings. The van der Waals surface area contributed by atoms with Crippen LogP contribution in [0.5, 0.6) is 5.75 Å². The maximum Gasteiger partial charge on any atom is 0.190 e. The Balaban J connectivity index is 2.49. The highest BCUT2D eigenvalue weighted by Crippen LogP contribution is 2.30. The van der Waals surface area contributed by atoms with Crippen LogP contribution in [0.2, 0.25) is 0 Å². The highest BCUT2D eigenvalue weighted by Gasteiger charge is 2.16. The van der Waals surface area contributed by atoms with Crippen LogP contribution >= 0.6 is 11.8 Å². The van der Waals surface area contributed by atoms with Gasteiger partial charge in [0.1, 0.15) is 23.2 Å². The molecule has 7 heteroatoms. The van der Waals surface area contributed by atoms with Crippen molar-refractivity contribution in [3.63, 3.8) is 0 Å². The molecule has 1 aromatic carbocycles. The molecule has 0 saturated carbocycles. The fourth-order valence-corrected chi connectivity index (χ4v) is 2.91. The second-order valence-corrected chi connectivity index (χ2v) is 6.76. The number of hydrogen-bond donors (Lipinski definition) is 2. The molecule has 0 unspecified atom stereocenters. The number of aliphatic hydroxyl groups is 1. The first-order valence-corrected chi connectivity index (χ1v) is 9.01. The first-order chi connectivity index (χ1) is 12.1. The van der Waals surface area contributed by atoms with Crippen LogP contribution in [0.25, 0.3) is 11.3 Å². The summed E-state index contributed by atoms with van der Waals surface area (Å²) in [5, 5.41) is 22.3. The van der Waals surface area contributed by atoms with Crippen LogP contribution in [0.4, 0.5) is 5.82 Å². The molecule has 25 heavy (non-hydrogen) atoms. The van der Waals surface area contributed by atoms with Crippen LogP contribution < -0.4 is 10.1 Å². The third-order valence-corrected chi connectivity index (χ3v) is 4.59. The van der Waals surface area contributed by atoms with Crippen molar-refractivity contribution in [3.05, 3.63) is 29.8 Å². The fraction of sp³-hybridized carbons (Fsp3) is 0.389. The van der Waals surface area contributed by atoms with Crippen LogP contribution in [-0.4, -0.2) is 41.1 Å². The predicted molar refractivity (Wildman–Crippen MR) is 99.9 cm³/mol. The molecule has 0 radical (unpaired) electrons. The quantitative estimate of drug-likeness (QED) is 0.553. The minimum absolute atomic E-state index is 0.0405. The van der Waals surface area contributed by atoms with Gasteiger partial charge in [-0.15, -0.1) is 0 Å². The number of ether oxygens (including phenoxy) is 1. The van der Waals surface area contributed by atoms with Gasteiger partial charge in [0.2, 0.25) is 0 Å². The van der Waals surface area contributed by atoms with E-state index in [0.717, 1.165) is 17.1 Å². The van der Waals surface area contributed by atoms with Gasteiger partial charge in [-0.2, -0.15) is 5.26 Å². The van der Waals surface area contributed by atoms with Crippen LogP contribution in [0.15, 0.2) is 29.4 Å². The van der Waals surface area contributed by atoms with E-state index in [1.165, 1.54) is 0 Å². The molecule has 2 rings (SSSR count). The molecule has 0 saturated heterocycles. The van der Waals surface area contributed by atoms with E-state index in [9.17, 15) is 5.26 Å². The van der Waals surface area contributed by atoms with Crippen LogP contribution in [-0.2, 0) is 0 Å². The Morgan fingerprint density at radius 2 is 2.00 bits per heavy atom. The van der Waals surface area contributed by atoms with E-state index in [4.69, 9.17) is 9.84 Å². The normalized spacial score (nSPS) is 10.6. The molecule has 0 aliphatic rings. The number of benzene rings is 1. The van der Waals surface area contributed by atoms with Gasteiger partial charge in [0, 0.05) is 17.9 Å². The summed E-state index contributed by atoms with van der Waals surface area (Å²) in [5.74, 6) is 2.57. The Labute approximate surface area is 152 Å². The summed E-state index contributed by atoms with van der Waals surface area (Å²) in [6, 6.07) is 9.59. The molecule has 2 N–H and O–H groups in total. The number of hydrogen-bond acceptors (Lipinski definition) is 7. The molecule has 0 aliphatic carbocycles. The number of nitrogens with one attached hydrogen (secondary N) is 1. The van der Waals surface area contributed by atoms with E-state index in [1.807, 2.05) is 24.3 Å². The minimum Gasteiger partial charge on any atom is -0.497 e. The van der Waals surface area contributed by atoms with Gasteiger partial charge in [-0.3, -0.25) is 0 Å². The maximum atomic E-state index is 9.61. The monoisotopic (exact) mass is 358 g/mol. The van der Waals surface area contributed by atoms with Gasteiger partial charge >= 0.3 is 0 Å². The maximum absolute atomic E-state index is 9.61. The van der Waals surface area contributed by atoms with Gasteiger partial charge in [-0.05, 0) is 30.2 Å². The Hall–Kier alpha value is -2.30. The van der Waals surface area contributed by atoms with Crippen LogP contribution in [0, 0.1) is 17.2 Å². The van der Waals surface area contributed by atoms with Gasteiger partial charge in [-0.1, -0.05) is 25.6 Å². The lowest BCUT2D eigenvalue weighted by Gasteiger charge is -2.13.